The van der Waals surface area contributed by atoms with Crippen molar-refractivity contribution in [2.45, 2.75) is 46.3 Å². The zero-order valence-electron chi connectivity index (χ0n) is 18.3. The van der Waals surface area contributed by atoms with Crippen molar-refractivity contribution in [2.24, 2.45) is 0 Å². The number of imidazole rings is 1. The minimum Gasteiger partial charge on any atom is -0.491 e. The number of anilines is 2. The topological polar surface area (TPSA) is 102 Å². The third-order valence-corrected chi connectivity index (χ3v) is 5.49. The molecule has 9 heteroatoms. The number of rotatable bonds is 7. The van der Waals surface area contributed by atoms with Crippen LogP contribution in [0.1, 0.15) is 34.6 Å². The van der Waals surface area contributed by atoms with Crippen LogP contribution in [0, 0.1) is 0 Å². The van der Waals surface area contributed by atoms with Crippen LogP contribution in [0.3, 0.4) is 0 Å². The Balaban J connectivity index is 1.73. The molecule has 0 bridgehead atoms. The second kappa shape index (κ2) is 8.58. The maximum absolute atomic E-state index is 12.5. The predicted octanol–water partition coefficient (Wildman–Crippen LogP) is 3.96. The first-order chi connectivity index (χ1) is 14.4. The predicted molar refractivity (Wildman–Crippen MR) is 123 cm³/mol. The van der Waals surface area contributed by atoms with Crippen molar-refractivity contribution in [3.8, 4) is 5.75 Å². The Morgan fingerprint density at radius 2 is 1.74 bits per heavy atom. The molecule has 0 aliphatic carbocycles. The van der Waals surface area contributed by atoms with Crippen LogP contribution in [0.4, 0.5) is 11.6 Å². The van der Waals surface area contributed by atoms with E-state index in [0.717, 1.165) is 11.0 Å². The van der Waals surface area contributed by atoms with Gasteiger partial charge in [0.1, 0.15) is 11.5 Å². The summed E-state index contributed by atoms with van der Waals surface area (Å²) in [5, 5.41) is 2.65. The average Bonchev–Trinajstić information content (AvgIpc) is 2.99. The van der Waals surface area contributed by atoms with E-state index < -0.39 is 21.7 Å². The van der Waals surface area contributed by atoms with Gasteiger partial charge in [-0.3, -0.25) is 14.8 Å². The fourth-order valence-corrected chi connectivity index (χ4v) is 4.20. The highest BCUT2D eigenvalue weighted by molar-refractivity contribution is 7.93. The average molecular weight is 445 g/mol. The van der Waals surface area contributed by atoms with Crippen molar-refractivity contribution >= 4 is 38.6 Å². The summed E-state index contributed by atoms with van der Waals surface area (Å²) in [7, 11) is -3.91. The highest BCUT2D eigenvalue weighted by atomic mass is 32.2. The van der Waals surface area contributed by atoms with Crippen LogP contribution in [0.5, 0.6) is 5.75 Å². The Morgan fingerprint density at radius 1 is 1.10 bits per heavy atom. The van der Waals surface area contributed by atoms with Crippen LogP contribution in [0.25, 0.3) is 11.0 Å². The van der Waals surface area contributed by atoms with Gasteiger partial charge in [-0.05, 0) is 71.0 Å². The molecule has 0 atom stereocenters. The number of benzene rings is 2. The molecule has 1 heterocycles. The molecule has 0 saturated carbocycles. The van der Waals surface area contributed by atoms with Gasteiger partial charge in [-0.1, -0.05) is 12.1 Å². The molecule has 0 unspecified atom stereocenters. The SMILES string of the molecule is CC(C)Oc1ccc(NS(=O)(=O)CC(=O)Nc2nc3ccccc3n2C(C)(C)C)cc1. The highest BCUT2D eigenvalue weighted by Gasteiger charge is 2.24. The minimum absolute atomic E-state index is 0.0172. The van der Waals surface area contributed by atoms with Crippen molar-refractivity contribution in [2.75, 3.05) is 15.8 Å². The number of nitrogens with one attached hydrogen (secondary N) is 2. The summed E-state index contributed by atoms with van der Waals surface area (Å²) >= 11 is 0. The molecule has 2 aromatic carbocycles. The first kappa shape index (κ1) is 22.6. The van der Waals surface area contributed by atoms with Crippen LogP contribution in [0.15, 0.2) is 48.5 Å². The Bertz CT molecular complexity index is 1180. The molecule has 2 N–H and O–H groups in total. The molecule has 0 aliphatic rings. The molecule has 1 aromatic heterocycles. The highest BCUT2D eigenvalue weighted by Crippen LogP contribution is 2.28. The Morgan fingerprint density at radius 3 is 2.35 bits per heavy atom. The first-order valence-electron chi connectivity index (χ1n) is 10.00. The van der Waals surface area contributed by atoms with Gasteiger partial charge >= 0.3 is 0 Å². The van der Waals surface area contributed by atoms with E-state index >= 15 is 0 Å². The molecule has 0 saturated heterocycles. The van der Waals surface area contributed by atoms with Gasteiger partial charge < -0.3 is 9.30 Å². The second-order valence-corrected chi connectivity index (χ2v) is 10.3. The maximum atomic E-state index is 12.5. The van der Waals surface area contributed by atoms with Gasteiger partial charge in [-0.25, -0.2) is 13.4 Å². The smallest absolute Gasteiger partial charge is 0.243 e. The fourth-order valence-electron chi connectivity index (χ4n) is 3.21. The molecular formula is C22H28N4O4S. The van der Waals surface area contributed by atoms with E-state index in [9.17, 15) is 13.2 Å². The molecule has 31 heavy (non-hydrogen) atoms. The summed E-state index contributed by atoms with van der Waals surface area (Å²) < 4.78 is 34.8. The summed E-state index contributed by atoms with van der Waals surface area (Å²) in [6.45, 7) is 9.78. The fraction of sp³-hybridized carbons (Fsp3) is 0.364. The molecule has 0 fully saturated rings. The van der Waals surface area contributed by atoms with Gasteiger partial charge in [-0.15, -0.1) is 0 Å². The molecule has 8 nitrogen and oxygen atoms in total. The quantitative estimate of drug-likeness (QED) is 0.574. The summed E-state index contributed by atoms with van der Waals surface area (Å²) in [4.78, 5) is 17.0. The minimum atomic E-state index is -3.91. The van der Waals surface area contributed by atoms with E-state index in [4.69, 9.17) is 4.74 Å². The van der Waals surface area contributed by atoms with Crippen LogP contribution in [0.2, 0.25) is 0 Å². The number of para-hydroxylation sites is 2. The lowest BCUT2D eigenvalue weighted by atomic mass is 10.1. The van der Waals surface area contributed by atoms with E-state index in [1.54, 1.807) is 24.3 Å². The monoisotopic (exact) mass is 444 g/mol. The van der Waals surface area contributed by atoms with Gasteiger partial charge in [0.25, 0.3) is 0 Å². The normalized spacial score (nSPS) is 12.2. The standard InChI is InChI=1S/C22H28N4O4S/c1-15(2)30-17-12-10-16(11-13-17)25-31(28,29)14-20(27)24-21-23-18-8-6-7-9-19(18)26(21)22(3,4)5/h6-13,15,25H,14H2,1-5H3,(H,23,24,27). The third kappa shape index (κ3) is 5.75. The van der Waals surface area contributed by atoms with Crippen molar-refractivity contribution in [1.82, 2.24) is 9.55 Å². The van der Waals surface area contributed by atoms with E-state index in [1.807, 2.05) is 63.5 Å². The number of nitrogens with zero attached hydrogens (tertiary/aromatic N) is 2. The Kier molecular flexibility index (Phi) is 6.26. The number of hydrogen-bond donors (Lipinski definition) is 2. The lowest BCUT2D eigenvalue weighted by molar-refractivity contribution is -0.113. The number of aromatic nitrogens is 2. The van der Waals surface area contributed by atoms with Crippen molar-refractivity contribution in [3.63, 3.8) is 0 Å². The number of carbonyl (C=O) groups is 1. The van der Waals surface area contributed by atoms with Crippen molar-refractivity contribution in [1.29, 1.82) is 0 Å². The van der Waals surface area contributed by atoms with E-state index in [0.29, 0.717) is 17.4 Å². The van der Waals surface area contributed by atoms with Gasteiger partial charge in [0.05, 0.1) is 17.1 Å². The summed E-state index contributed by atoms with van der Waals surface area (Å²) in [5.74, 6) is -0.459. The number of fused-ring (bicyclic) bond motifs is 1. The van der Waals surface area contributed by atoms with Gasteiger partial charge in [0.15, 0.2) is 0 Å². The van der Waals surface area contributed by atoms with E-state index in [-0.39, 0.29) is 11.6 Å². The third-order valence-electron chi connectivity index (χ3n) is 4.30. The molecular weight excluding hydrogens is 416 g/mol. The van der Waals surface area contributed by atoms with Crippen molar-refractivity contribution in [3.05, 3.63) is 48.5 Å². The number of sulfonamides is 1. The zero-order chi connectivity index (χ0) is 22.8. The van der Waals surface area contributed by atoms with Crippen LogP contribution in [-0.2, 0) is 20.4 Å². The maximum Gasteiger partial charge on any atom is 0.243 e. The van der Waals surface area contributed by atoms with E-state index in [1.165, 1.54) is 0 Å². The molecule has 1 amide bonds. The van der Waals surface area contributed by atoms with Crippen LogP contribution < -0.4 is 14.8 Å². The van der Waals surface area contributed by atoms with Gasteiger partial charge in [0, 0.05) is 11.2 Å². The number of ether oxygens (including phenoxy) is 1. The largest absolute Gasteiger partial charge is 0.491 e. The lowest BCUT2D eigenvalue weighted by Crippen LogP contribution is -2.30. The number of amides is 1. The summed E-state index contributed by atoms with van der Waals surface area (Å²) in [6.07, 6.45) is 0.0172. The molecule has 3 rings (SSSR count). The number of hydrogen-bond acceptors (Lipinski definition) is 5. The Labute approximate surface area is 182 Å². The number of carbonyl (C=O) groups excluding carboxylic acids is 1. The van der Waals surface area contributed by atoms with Gasteiger partial charge in [-0.2, -0.15) is 0 Å². The first-order valence-corrected chi connectivity index (χ1v) is 11.6. The lowest BCUT2D eigenvalue weighted by Gasteiger charge is -2.24. The summed E-state index contributed by atoms with van der Waals surface area (Å²) in [5.41, 5.74) is 1.56. The summed E-state index contributed by atoms with van der Waals surface area (Å²) in [6, 6.07) is 14.0. The van der Waals surface area contributed by atoms with Gasteiger partial charge in [0.2, 0.25) is 21.9 Å². The van der Waals surface area contributed by atoms with E-state index in [2.05, 4.69) is 15.0 Å². The molecule has 0 aliphatic heterocycles. The molecule has 166 valence electrons. The van der Waals surface area contributed by atoms with Crippen LogP contribution >= 0.6 is 0 Å². The van der Waals surface area contributed by atoms with Crippen LogP contribution in [-0.4, -0.2) is 35.7 Å². The second-order valence-electron chi connectivity index (χ2n) is 8.53. The Hall–Kier alpha value is -3.07. The molecule has 3 aromatic rings. The van der Waals surface area contributed by atoms with Crippen molar-refractivity contribution < 1.29 is 17.9 Å². The zero-order valence-corrected chi connectivity index (χ0v) is 19.2. The molecule has 0 spiro atoms. The molecule has 0 radical (unpaired) electrons.